The molecule has 0 bridgehead atoms. The average Bonchev–Trinajstić information content (AvgIpc) is 3.37. The molecule has 2 heterocycles. The number of nitrogens with one attached hydrogen (secondary N) is 1. The van der Waals surface area contributed by atoms with Crippen LogP contribution in [0.15, 0.2) is 0 Å². The highest BCUT2D eigenvalue weighted by molar-refractivity contribution is 5.78. The number of likely N-dealkylation sites (tertiary alicyclic amines) is 1. The highest BCUT2D eigenvalue weighted by Crippen LogP contribution is 2.25. The molecule has 1 aliphatic carbocycles. The number of amides is 3. The van der Waals surface area contributed by atoms with E-state index in [1.165, 1.54) is 12.8 Å². The molecule has 3 rings (SSSR count). The van der Waals surface area contributed by atoms with Gasteiger partial charge in [0.25, 0.3) is 0 Å². The molecule has 7 nitrogen and oxygen atoms in total. The smallest absolute Gasteiger partial charge is 0.319 e. The maximum absolute atomic E-state index is 12.3. The maximum atomic E-state index is 12.3. The Morgan fingerprint density at radius 2 is 1.74 bits per heavy atom. The van der Waals surface area contributed by atoms with E-state index >= 15 is 0 Å². The summed E-state index contributed by atoms with van der Waals surface area (Å²) < 4.78 is 5.55. The monoisotopic (exact) mass is 380 g/mol. The Labute approximate surface area is 163 Å². The highest BCUT2D eigenvalue weighted by atomic mass is 16.5. The zero-order valence-electron chi connectivity index (χ0n) is 17.0. The second-order valence-corrected chi connectivity index (χ2v) is 8.42. The largest absolute Gasteiger partial charge is 0.381 e. The molecule has 3 aliphatic rings. The summed E-state index contributed by atoms with van der Waals surface area (Å²) in [6, 6.07) is 0.959. The van der Waals surface area contributed by atoms with Crippen LogP contribution in [-0.2, 0) is 9.53 Å². The van der Waals surface area contributed by atoms with Gasteiger partial charge in [0.2, 0.25) is 5.91 Å². The minimum Gasteiger partial charge on any atom is -0.381 e. The third-order valence-corrected chi connectivity index (χ3v) is 6.34. The van der Waals surface area contributed by atoms with Gasteiger partial charge >= 0.3 is 6.03 Å². The first-order valence-corrected chi connectivity index (χ1v) is 10.6. The second-order valence-electron chi connectivity index (χ2n) is 8.42. The molecule has 2 aliphatic heterocycles. The quantitative estimate of drug-likeness (QED) is 0.759. The van der Waals surface area contributed by atoms with Crippen LogP contribution >= 0.6 is 0 Å². The average molecular weight is 381 g/mol. The summed E-state index contributed by atoms with van der Waals surface area (Å²) in [7, 11) is 3.62. The van der Waals surface area contributed by atoms with Crippen LogP contribution in [0.25, 0.3) is 0 Å². The molecular weight excluding hydrogens is 344 g/mol. The van der Waals surface area contributed by atoms with Crippen molar-refractivity contribution in [2.45, 2.75) is 57.0 Å². The topological polar surface area (TPSA) is 65.1 Å². The zero-order valence-corrected chi connectivity index (χ0v) is 17.0. The Morgan fingerprint density at radius 1 is 1.04 bits per heavy atom. The lowest BCUT2D eigenvalue weighted by Gasteiger charge is -2.38. The number of carbonyl (C=O) groups excluding carboxylic acids is 2. The Hall–Kier alpha value is -1.34. The van der Waals surface area contributed by atoms with Gasteiger partial charge in [-0.3, -0.25) is 9.69 Å². The summed E-state index contributed by atoms with van der Waals surface area (Å²) in [6.07, 6.45) is 7.53. The van der Waals surface area contributed by atoms with Gasteiger partial charge in [-0.05, 0) is 32.1 Å². The molecule has 1 atom stereocenters. The Bertz CT molecular complexity index is 501. The lowest BCUT2D eigenvalue weighted by molar-refractivity contribution is -0.124. The summed E-state index contributed by atoms with van der Waals surface area (Å²) in [6.45, 7) is 4.77. The predicted octanol–water partition coefficient (Wildman–Crippen LogP) is 1.53. The van der Waals surface area contributed by atoms with Gasteiger partial charge in [-0.1, -0.05) is 12.8 Å². The van der Waals surface area contributed by atoms with Crippen molar-refractivity contribution in [2.24, 2.45) is 5.92 Å². The summed E-state index contributed by atoms with van der Waals surface area (Å²) in [4.78, 5) is 30.8. The number of hydrogen-bond acceptors (Lipinski definition) is 4. The Balaban J connectivity index is 1.54. The van der Waals surface area contributed by atoms with Crippen LogP contribution < -0.4 is 5.32 Å². The van der Waals surface area contributed by atoms with Gasteiger partial charge in [-0.25, -0.2) is 4.79 Å². The molecule has 3 amide bonds. The Morgan fingerprint density at radius 3 is 2.41 bits per heavy atom. The van der Waals surface area contributed by atoms with Crippen molar-refractivity contribution in [1.82, 2.24) is 20.0 Å². The third-order valence-electron chi connectivity index (χ3n) is 6.34. The van der Waals surface area contributed by atoms with Gasteiger partial charge in [-0.2, -0.15) is 0 Å². The van der Waals surface area contributed by atoms with Crippen molar-refractivity contribution < 1.29 is 14.3 Å². The standard InChI is InChI=1S/C20H36N4O3/c1-22(2)20(26)23-11-7-18(15-23)24(17-8-13-27-14-9-17)12-10-21-19(25)16-5-3-4-6-16/h16-18H,3-15H2,1-2H3,(H,21,25). The van der Waals surface area contributed by atoms with E-state index in [0.717, 1.165) is 65.0 Å². The molecule has 0 spiro atoms. The first-order chi connectivity index (χ1) is 13.1. The molecule has 3 fully saturated rings. The number of nitrogens with zero attached hydrogens (tertiary/aromatic N) is 3. The van der Waals surface area contributed by atoms with Gasteiger partial charge in [-0.15, -0.1) is 0 Å². The van der Waals surface area contributed by atoms with Crippen LogP contribution in [0.1, 0.15) is 44.9 Å². The minimum absolute atomic E-state index is 0.0963. The molecule has 154 valence electrons. The summed E-state index contributed by atoms with van der Waals surface area (Å²) in [5.74, 6) is 0.455. The lowest BCUT2D eigenvalue weighted by Crippen LogP contribution is -2.50. The van der Waals surface area contributed by atoms with Crippen LogP contribution in [0.2, 0.25) is 0 Å². The fourth-order valence-electron chi connectivity index (χ4n) is 4.79. The molecule has 1 N–H and O–H groups in total. The fourth-order valence-corrected chi connectivity index (χ4v) is 4.79. The van der Waals surface area contributed by atoms with Crippen LogP contribution in [0.3, 0.4) is 0 Å². The van der Waals surface area contributed by atoms with Crippen LogP contribution in [0, 0.1) is 5.92 Å². The first-order valence-electron chi connectivity index (χ1n) is 10.6. The SMILES string of the molecule is CN(C)C(=O)N1CCC(N(CCNC(=O)C2CCCC2)C2CCOCC2)C1. The summed E-state index contributed by atoms with van der Waals surface area (Å²) in [5.41, 5.74) is 0. The van der Waals surface area contributed by atoms with Crippen molar-refractivity contribution in [2.75, 3.05) is 53.5 Å². The van der Waals surface area contributed by atoms with E-state index in [4.69, 9.17) is 4.74 Å². The molecule has 0 aromatic rings. The van der Waals surface area contributed by atoms with Gasteiger partial charge in [0.1, 0.15) is 0 Å². The maximum Gasteiger partial charge on any atom is 0.319 e. The van der Waals surface area contributed by atoms with E-state index in [0.29, 0.717) is 18.6 Å². The van der Waals surface area contributed by atoms with Gasteiger partial charge in [0, 0.05) is 71.5 Å². The highest BCUT2D eigenvalue weighted by Gasteiger charge is 2.35. The summed E-state index contributed by atoms with van der Waals surface area (Å²) in [5, 5.41) is 3.17. The molecule has 7 heteroatoms. The number of urea groups is 1. The number of rotatable bonds is 6. The van der Waals surface area contributed by atoms with E-state index < -0.39 is 0 Å². The number of hydrogen-bond donors (Lipinski definition) is 1. The van der Waals surface area contributed by atoms with Crippen molar-refractivity contribution in [3.8, 4) is 0 Å². The third kappa shape index (κ3) is 5.35. The number of ether oxygens (including phenoxy) is 1. The van der Waals surface area contributed by atoms with Gasteiger partial charge in [0.05, 0.1) is 0 Å². The molecule has 0 aromatic carbocycles. The Kier molecular flexibility index (Phi) is 7.35. The van der Waals surface area contributed by atoms with Crippen LogP contribution in [0.4, 0.5) is 4.79 Å². The fraction of sp³-hybridized carbons (Fsp3) is 0.900. The lowest BCUT2D eigenvalue weighted by atomic mass is 10.0. The molecule has 1 saturated carbocycles. The van der Waals surface area contributed by atoms with Crippen LogP contribution in [0.5, 0.6) is 0 Å². The zero-order chi connectivity index (χ0) is 19.2. The molecule has 0 radical (unpaired) electrons. The molecule has 1 unspecified atom stereocenters. The van der Waals surface area contributed by atoms with E-state index in [1.807, 2.05) is 19.0 Å². The van der Waals surface area contributed by atoms with Crippen LogP contribution in [-0.4, -0.2) is 92.2 Å². The van der Waals surface area contributed by atoms with Crippen molar-refractivity contribution >= 4 is 11.9 Å². The normalized spacial score (nSPS) is 24.6. The number of carbonyl (C=O) groups is 2. The minimum atomic E-state index is 0.0963. The molecule has 2 saturated heterocycles. The van der Waals surface area contributed by atoms with Crippen molar-refractivity contribution in [3.63, 3.8) is 0 Å². The second kappa shape index (κ2) is 9.73. The molecule has 0 aromatic heterocycles. The molecule has 27 heavy (non-hydrogen) atoms. The van der Waals surface area contributed by atoms with E-state index in [-0.39, 0.29) is 17.9 Å². The molecular formula is C20H36N4O3. The van der Waals surface area contributed by atoms with E-state index in [1.54, 1.807) is 4.90 Å². The van der Waals surface area contributed by atoms with Crippen molar-refractivity contribution in [3.05, 3.63) is 0 Å². The first kappa shape index (κ1) is 20.4. The van der Waals surface area contributed by atoms with E-state index in [9.17, 15) is 9.59 Å². The van der Waals surface area contributed by atoms with Crippen molar-refractivity contribution in [1.29, 1.82) is 0 Å². The summed E-state index contributed by atoms with van der Waals surface area (Å²) >= 11 is 0. The van der Waals surface area contributed by atoms with Gasteiger partial charge < -0.3 is 19.9 Å². The van der Waals surface area contributed by atoms with Gasteiger partial charge in [0.15, 0.2) is 0 Å². The predicted molar refractivity (Wildman–Crippen MR) is 105 cm³/mol. The van der Waals surface area contributed by atoms with E-state index in [2.05, 4.69) is 10.2 Å².